The van der Waals surface area contributed by atoms with Crippen molar-refractivity contribution in [2.45, 2.75) is 129 Å². The Bertz CT molecular complexity index is 1990. The number of benzene rings is 1. The summed E-state index contributed by atoms with van der Waals surface area (Å²) >= 11 is 0. The van der Waals surface area contributed by atoms with Crippen molar-refractivity contribution in [1.82, 2.24) is 4.57 Å². The molecule has 8 rings (SSSR count). The number of esters is 1. The number of hydrogen-bond acceptors (Lipinski definition) is 6. The van der Waals surface area contributed by atoms with Crippen LogP contribution in [0.5, 0.6) is 0 Å². The number of aliphatic hydroxyl groups is 2. The lowest BCUT2D eigenvalue weighted by Crippen LogP contribution is -2.62. The number of Topliss-reactive ketones (excluding diaryl/α,β-unsaturated/α-hetero) is 1. The molecule has 9 atom stereocenters. The lowest BCUT2D eigenvalue weighted by molar-refractivity contribution is -0.163. The van der Waals surface area contributed by atoms with E-state index in [1.165, 1.54) is 17.3 Å². The Morgan fingerprint density at radius 2 is 1.84 bits per heavy atom. The molecule has 51 heavy (non-hydrogen) atoms. The topological polar surface area (TPSA) is 98.0 Å². The van der Waals surface area contributed by atoms with Gasteiger partial charge in [0.2, 0.25) is 0 Å². The van der Waals surface area contributed by atoms with Gasteiger partial charge in [-0.15, -0.1) is 0 Å². The molecule has 0 spiro atoms. The van der Waals surface area contributed by atoms with E-state index in [4.69, 9.17) is 9.47 Å². The number of carbonyl (C=O) groups is 2. The van der Waals surface area contributed by atoms with Crippen molar-refractivity contribution in [2.24, 2.45) is 28.6 Å². The van der Waals surface area contributed by atoms with Gasteiger partial charge in [0, 0.05) is 39.5 Å². The molecule has 2 unspecified atom stereocenters. The zero-order valence-electron chi connectivity index (χ0n) is 31.7. The average molecular weight is 694 g/mol. The van der Waals surface area contributed by atoms with E-state index in [9.17, 15) is 19.8 Å². The molecule has 0 bridgehead atoms. The molecule has 2 aliphatic heterocycles. The molecule has 2 aromatic rings. The number of hydrogen-bond donors (Lipinski definition) is 2. The zero-order chi connectivity index (χ0) is 36.8. The van der Waals surface area contributed by atoms with Gasteiger partial charge < -0.3 is 24.3 Å². The SMILES string of the molecule is C=CCOC(=O)/C=C/C[C@]1(C)[C@@H](O)CC[C@@]2(C)[C@H]1CCC1Cc3c(n4c5c(c6c(cc35)C3=CC(C)(C)OC(C)(C)C3[C@@H]6O)C(=O)[C@@H]4C(=C)C)[C@@]12C. The standard InChI is InChI=1S/C44H55NO6/c1-11-19-50-31(47)13-12-17-42(8)29-15-14-24-20-27-26-21-25-28-22-40(4,5)51-41(6,7)34(28)37(48)32(25)33-36(26)45(35(23(2)3)38(33)49)39(27)44(24,10)43(29,9)18-16-30(42)46/h11-13,21-22,24,29-30,34-35,37,46,48H,1-2,14-20H2,3-10H3/b13-12+/t24?,29-,30-,34?,35-,37+,42-,43-,44+/m0/s1. The van der Waals surface area contributed by atoms with E-state index < -0.39 is 40.8 Å². The summed E-state index contributed by atoms with van der Waals surface area (Å²) in [5.41, 5.74) is 5.80. The number of ketones is 1. The first-order valence-corrected chi connectivity index (χ1v) is 19.0. The maximum Gasteiger partial charge on any atom is 0.330 e. The van der Waals surface area contributed by atoms with E-state index in [0.29, 0.717) is 24.3 Å². The smallest absolute Gasteiger partial charge is 0.330 e. The van der Waals surface area contributed by atoms with Gasteiger partial charge in [-0.05, 0) is 119 Å². The fourth-order valence-corrected chi connectivity index (χ4v) is 12.8. The number of nitrogens with zero attached hydrogens (tertiary/aromatic N) is 1. The monoisotopic (exact) mass is 693 g/mol. The minimum Gasteiger partial charge on any atom is -0.458 e. The van der Waals surface area contributed by atoms with Crippen molar-refractivity contribution < 1.29 is 29.3 Å². The molecule has 272 valence electrons. The van der Waals surface area contributed by atoms with Gasteiger partial charge in [-0.2, -0.15) is 0 Å². The van der Waals surface area contributed by atoms with Gasteiger partial charge in [0.05, 0.1) is 34.5 Å². The van der Waals surface area contributed by atoms with Crippen molar-refractivity contribution in [1.29, 1.82) is 0 Å². The number of ether oxygens (including phenoxy) is 2. The highest BCUT2D eigenvalue weighted by Gasteiger charge is 2.68. The zero-order valence-corrected chi connectivity index (χ0v) is 31.7. The van der Waals surface area contributed by atoms with Crippen LogP contribution in [0.15, 0.2) is 49.1 Å². The average Bonchev–Trinajstić information content (AvgIpc) is 3.70. The van der Waals surface area contributed by atoms with Crippen LogP contribution in [0.3, 0.4) is 0 Å². The van der Waals surface area contributed by atoms with E-state index in [1.54, 1.807) is 6.08 Å². The highest BCUT2D eigenvalue weighted by atomic mass is 16.5. The molecule has 3 heterocycles. The van der Waals surface area contributed by atoms with Gasteiger partial charge in [-0.1, -0.05) is 51.7 Å². The largest absolute Gasteiger partial charge is 0.458 e. The summed E-state index contributed by atoms with van der Waals surface area (Å²) in [6.45, 7) is 25.5. The van der Waals surface area contributed by atoms with E-state index in [-0.39, 0.29) is 35.1 Å². The van der Waals surface area contributed by atoms with Crippen molar-refractivity contribution in [3.8, 4) is 0 Å². The molecule has 2 fully saturated rings. The van der Waals surface area contributed by atoms with Crippen LogP contribution >= 0.6 is 0 Å². The fourth-order valence-electron chi connectivity index (χ4n) is 12.8. The number of fused-ring (bicyclic) bond motifs is 11. The Morgan fingerprint density at radius 3 is 2.53 bits per heavy atom. The van der Waals surface area contributed by atoms with Crippen LogP contribution < -0.4 is 0 Å². The normalized spacial score (nSPS) is 38.2. The number of allylic oxidation sites excluding steroid dienone is 2. The van der Waals surface area contributed by atoms with Crippen LogP contribution in [-0.2, 0) is 26.1 Å². The predicted molar refractivity (Wildman–Crippen MR) is 199 cm³/mol. The van der Waals surface area contributed by atoms with Crippen molar-refractivity contribution in [3.63, 3.8) is 0 Å². The van der Waals surface area contributed by atoms with E-state index >= 15 is 0 Å². The summed E-state index contributed by atoms with van der Waals surface area (Å²) in [6, 6.07) is 1.77. The van der Waals surface area contributed by atoms with Gasteiger partial charge in [-0.3, -0.25) is 4.79 Å². The van der Waals surface area contributed by atoms with Crippen LogP contribution in [0.25, 0.3) is 16.5 Å². The molecule has 7 nitrogen and oxygen atoms in total. The maximum atomic E-state index is 14.9. The van der Waals surface area contributed by atoms with Crippen LogP contribution in [0.2, 0.25) is 0 Å². The van der Waals surface area contributed by atoms with Crippen molar-refractivity contribution in [2.75, 3.05) is 6.61 Å². The number of aromatic nitrogens is 1. The summed E-state index contributed by atoms with van der Waals surface area (Å²) in [5, 5.41) is 25.0. The summed E-state index contributed by atoms with van der Waals surface area (Å²) < 4.78 is 14.1. The second-order valence-corrected chi connectivity index (χ2v) is 18.5. The fraction of sp³-hybridized carbons (Fsp3) is 0.591. The maximum absolute atomic E-state index is 14.9. The minimum absolute atomic E-state index is 0.0281. The van der Waals surface area contributed by atoms with Crippen LogP contribution in [0.4, 0.5) is 0 Å². The Kier molecular flexibility index (Phi) is 7.44. The third-order valence-corrected chi connectivity index (χ3v) is 14.9. The molecule has 0 amide bonds. The highest BCUT2D eigenvalue weighted by molar-refractivity contribution is 6.18. The Balaban J connectivity index is 1.31. The van der Waals surface area contributed by atoms with Gasteiger partial charge in [-0.25, -0.2) is 4.79 Å². The lowest BCUT2D eigenvalue weighted by Gasteiger charge is -2.65. The number of aliphatic hydroxyl groups excluding tert-OH is 2. The van der Waals surface area contributed by atoms with Gasteiger partial charge in [0.15, 0.2) is 5.78 Å². The molecule has 7 heteroatoms. The van der Waals surface area contributed by atoms with Crippen LogP contribution in [0.1, 0.15) is 132 Å². The molecular weight excluding hydrogens is 638 g/mol. The van der Waals surface area contributed by atoms with Crippen molar-refractivity contribution >= 4 is 28.2 Å². The third kappa shape index (κ3) is 4.34. The van der Waals surface area contributed by atoms with Crippen LogP contribution in [0, 0.1) is 28.6 Å². The summed E-state index contributed by atoms with van der Waals surface area (Å²) in [4.78, 5) is 27.2. The summed E-state index contributed by atoms with van der Waals surface area (Å²) in [6.07, 6.45) is 10.8. The molecular formula is C44H55NO6. The van der Waals surface area contributed by atoms with Gasteiger partial charge >= 0.3 is 5.97 Å². The Labute approximate surface area is 302 Å². The first-order chi connectivity index (χ1) is 23.8. The molecule has 0 saturated heterocycles. The highest BCUT2D eigenvalue weighted by Crippen LogP contribution is 2.72. The first kappa shape index (κ1) is 34.8. The second kappa shape index (κ2) is 10.9. The molecule has 4 aliphatic carbocycles. The Morgan fingerprint density at radius 1 is 1.12 bits per heavy atom. The first-order valence-electron chi connectivity index (χ1n) is 19.0. The lowest BCUT2D eigenvalue weighted by atomic mass is 9.40. The molecule has 1 aromatic heterocycles. The third-order valence-electron chi connectivity index (χ3n) is 14.9. The van der Waals surface area contributed by atoms with E-state index in [2.05, 4.69) is 78.3 Å². The van der Waals surface area contributed by atoms with Gasteiger partial charge in [0.25, 0.3) is 0 Å². The summed E-state index contributed by atoms with van der Waals surface area (Å²) in [5.74, 6) is -0.0721. The molecule has 2 saturated carbocycles. The number of carbonyl (C=O) groups excluding carboxylic acids is 2. The Hall–Kier alpha value is -3.26. The molecule has 2 N–H and O–H groups in total. The van der Waals surface area contributed by atoms with E-state index in [1.807, 2.05) is 13.0 Å². The molecule has 0 radical (unpaired) electrons. The van der Waals surface area contributed by atoms with Crippen LogP contribution in [-0.4, -0.2) is 50.4 Å². The molecule has 6 aliphatic rings. The quantitative estimate of drug-likeness (QED) is 0.180. The minimum atomic E-state index is -0.856. The van der Waals surface area contributed by atoms with Crippen molar-refractivity contribution in [3.05, 3.63) is 77.0 Å². The number of rotatable bonds is 6. The second-order valence-electron chi connectivity index (χ2n) is 18.5. The molecule has 1 aromatic carbocycles. The predicted octanol–water partition coefficient (Wildman–Crippen LogP) is 8.27. The van der Waals surface area contributed by atoms with E-state index in [0.717, 1.165) is 58.9 Å². The van der Waals surface area contributed by atoms with Gasteiger partial charge in [0.1, 0.15) is 12.6 Å². The summed E-state index contributed by atoms with van der Waals surface area (Å²) in [7, 11) is 0.